The highest BCUT2D eigenvalue weighted by Gasteiger charge is 2.67. The number of aliphatic hydroxyl groups is 2. The van der Waals surface area contributed by atoms with Gasteiger partial charge < -0.3 is 10.2 Å². The van der Waals surface area contributed by atoms with E-state index in [1.165, 1.54) is 13.8 Å². The average Bonchev–Trinajstić information content (AvgIpc) is 2.35. The molecule has 4 heteroatoms. The van der Waals surface area contributed by atoms with Crippen molar-refractivity contribution in [2.24, 2.45) is 23.2 Å². The summed E-state index contributed by atoms with van der Waals surface area (Å²) in [6, 6.07) is 0. The smallest absolute Gasteiger partial charge is 0.189 e. The van der Waals surface area contributed by atoms with Crippen LogP contribution in [-0.4, -0.2) is 33.0 Å². The van der Waals surface area contributed by atoms with Crippen molar-refractivity contribution in [3.8, 4) is 0 Å². The lowest BCUT2D eigenvalue weighted by Gasteiger charge is -2.59. The number of Topliss-reactive ketones (excluding diaryl/α,β-unsaturated/α-hetero) is 2. The van der Waals surface area contributed by atoms with E-state index < -0.39 is 28.5 Å². The van der Waals surface area contributed by atoms with E-state index >= 15 is 0 Å². The van der Waals surface area contributed by atoms with E-state index in [2.05, 4.69) is 0 Å². The fourth-order valence-electron chi connectivity index (χ4n) is 4.46. The maximum absolute atomic E-state index is 12.6. The minimum Gasteiger partial charge on any atom is -0.382 e. The number of hydrogen-bond donors (Lipinski definition) is 2. The van der Waals surface area contributed by atoms with Gasteiger partial charge in [0.1, 0.15) is 11.2 Å². The predicted octanol–water partition coefficient (Wildman–Crippen LogP) is 1.02. The van der Waals surface area contributed by atoms with Crippen LogP contribution in [0.3, 0.4) is 0 Å². The number of carbonyl (C=O) groups is 2. The van der Waals surface area contributed by atoms with Crippen LogP contribution in [0.15, 0.2) is 23.8 Å². The van der Waals surface area contributed by atoms with Crippen LogP contribution in [0.1, 0.15) is 27.7 Å². The molecular formula is C16H20O4. The quantitative estimate of drug-likeness (QED) is 0.648. The van der Waals surface area contributed by atoms with Crippen molar-refractivity contribution in [3.63, 3.8) is 0 Å². The first kappa shape index (κ1) is 13.7. The normalized spacial score (nSPS) is 53.9. The van der Waals surface area contributed by atoms with Gasteiger partial charge in [-0.3, -0.25) is 9.59 Å². The van der Waals surface area contributed by atoms with Crippen LogP contribution >= 0.6 is 0 Å². The van der Waals surface area contributed by atoms with Gasteiger partial charge in [0, 0.05) is 17.8 Å². The van der Waals surface area contributed by atoms with E-state index in [0.717, 1.165) is 0 Å². The van der Waals surface area contributed by atoms with E-state index in [1.807, 2.05) is 6.08 Å². The summed E-state index contributed by atoms with van der Waals surface area (Å²) in [6.07, 6.45) is 5.42. The number of carbonyl (C=O) groups excluding carboxylic acids is 2. The van der Waals surface area contributed by atoms with Crippen LogP contribution in [-0.2, 0) is 9.59 Å². The molecule has 1 fully saturated rings. The highest BCUT2D eigenvalue weighted by atomic mass is 16.3. The number of ketones is 2. The number of rotatable bonds is 0. The summed E-state index contributed by atoms with van der Waals surface area (Å²) in [7, 11) is 0. The van der Waals surface area contributed by atoms with Crippen molar-refractivity contribution in [1.82, 2.24) is 0 Å². The van der Waals surface area contributed by atoms with E-state index in [9.17, 15) is 19.8 Å². The second kappa shape index (κ2) is 3.49. The Morgan fingerprint density at radius 3 is 2.25 bits per heavy atom. The van der Waals surface area contributed by atoms with Crippen molar-refractivity contribution in [1.29, 1.82) is 0 Å². The lowest BCUT2D eigenvalue weighted by atomic mass is 9.44. The van der Waals surface area contributed by atoms with Gasteiger partial charge in [0.2, 0.25) is 0 Å². The van der Waals surface area contributed by atoms with Crippen molar-refractivity contribution in [2.45, 2.75) is 38.9 Å². The van der Waals surface area contributed by atoms with Gasteiger partial charge in [-0.15, -0.1) is 0 Å². The standard InChI is InChI=1S/C16H20O4/c1-8-7-10-11(16(4,20)12(8)17)9-5-6-14(10,2)13(18)15(9,3)19/h5-7,9-11,19-20H,1-4H3/t9-,10+,11-,14-,15-,16+/m0/s1. The summed E-state index contributed by atoms with van der Waals surface area (Å²) >= 11 is 0. The topological polar surface area (TPSA) is 74.6 Å². The zero-order chi connectivity index (χ0) is 15.1. The molecular weight excluding hydrogens is 256 g/mol. The van der Waals surface area contributed by atoms with Crippen molar-refractivity contribution >= 4 is 11.6 Å². The zero-order valence-corrected chi connectivity index (χ0v) is 12.2. The molecule has 0 aromatic carbocycles. The molecule has 20 heavy (non-hydrogen) atoms. The van der Waals surface area contributed by atoms with Gasteiger partial charge in [0.15, 0.2) is 11.6 Å². The number of hydrogen-bond acceptors (Lipinski definition) is 4. The van der Waals surface area contributed by atoms with Gasteiger partial charge in [0.05, 0.1) is 5.41 Å². The van der Waals surface area contributed by atoms with Crippen molar-refractivity contribution < 1.29 is 19.8 Å². The average molecular weight is 276 g/mol. The van der Waals surface area contributed by atoms with Crippen LogP contribution in [0.25, 0.3) is 0 Å². The third-order valence-corrected chi connectivity index (χ3v) is 5.61. The molecule has 0 aromatic heterocycles. The molecule has 108 valence electrons. The molecule has 0 amide bonds. The molecule has 0 heterocycles. The van der Waals surface area contributed by atoms with Crippen LogP contribution in [0.4, 0.5) is 0 Å². The van der Waals surface area contributed by atoms with Gasteiger partial charge in [0.25, 0.3) is 0 Å². The lowest BCUT2D eigenvalue weighted by Crippen LogP contribution is -2.69. The molecule has 6 atom stereocenters. The zero-order valence-electron chi connectivity index (χ0n) is 12.2. The van der Waals surface area contributed by atoms with Crippen LogP contribution < -0.4 is 0 Å². The second-order valence-corrected chi connectivity index (χ2v) is 7.02. The molecule has 2 bridgehead atoms. The van der Waals surface area contributed by atoms with E-state index in [-0.39, 0.29) is 17.5 Å². The summed E-state index contributed by atoms with van der Waals surface area (Å²) in [5, 5.41) is 21.3. The summed E-state index contributed by atoms with van der Waals surface area (Å²) in [5.41, 5.74) is -3.46. The number of allylic oxidation sites excluding steroid dienone is 2. The van der Waals surface area contributed by atoms with Gasteiger partial charge in [-0.25, -0.2) is 0 Å². The fourth-order valence-corrected chi connectivity index (χ4v) is 4.46. The maximum Gasteiger partial charge on any atom is 0.189 e. The first-order valence-corrected chi connectivity index (χ1v) is 6.97. The van der Waals surface area contributed by atoms with Crippen molar-refractivity contribution in [2.75, 3.05) is 0 Å². The molecule has 0 spiro atoms. The first-order chi connectivity index (χ1) is 9.04. The molecule has 0 unspecified atom stereocenters. The minimum atomic E-state index is -1.55. The van der Waals surface area contributed by atoms with Crippen molar-refractivity contribution in [3.05, 3.63) is 23.8 Å². The van der Waals surface area contributed by atoms with Crippen LogP contribution in [0.5, 0.6) is 0 Å². The van der Waals surface area contributed by atoms with Gasteiger partial charge in [-0.2, -0.15) is 0 Å². The second-order valence-electron chi connectivity index (χ2n) is 7.02. The Hall–Kier alpha value is -1.26. The third-order valence-electron chi connectivity index (χ3n) is 5.61. The molecule has 2 N–H and O–H groups in total. The van der Waals surface area contributed by atoms with Gasteiger partial charge in [-0.1, -0.05) is 18.2 Å². The Balaban J connectivity index is 2.27. The fraction of sp³-hybridized carbons (Fsp3) is 0.625. The Morgan fingerprint density at radius 1 is 1.05 bits per heavy atom. The Kier molecular flexibility index (Phi) is 2.39. The summed E-state index contributed by atoms with van der Waals surface area (Å²) in [5.74, 6) is -1.80. The lowest BCUT2D eigenvalue weighted by molar-refractivity contribution is -0.185. The number of fused-ring (bicyclic) bond motifs is 1. The molecule has 0 aromatic rings. The molecule has 0 saturated heterocycles. The predicted molar refractivity (Wildman–Crippen MR) is 72.7 cm³/mol. The molecule has 0 aliphatic heterocycles. The van der Waals surface area contributed by atoms with Crippen LogP contribution in [0, 0.1) is 23.2 Å². The summed E-state index contributed by atoms with van der Waals surface area (Å²) < 4.78 is 0. The molecule has 1 saturated carbocycles. The Bertz CT molecular complexity index is 581. The summed E-state index contributed by atoms with van der Waals surface area (Å²) in [6.45, 7) is 6.44. The van der Waals surface area contributed by atoms with E-state index in [0.29, 0.717) is 5.57 Å². The third kappa shape index (κ3) is 1.29. The summed E-state index contributed by atoms with van der Waals surface area (Å²) in [4.78, 5) is 24.9. The Labute approximate surface area is 118 Å². The minimum absolute atomic E-state index is 0.229. The van der Waals surface area contributed by atoms with E-state index in [1.54, 1.807) is 26.0 Å². The highest BCUT2D eigenvalue weighted by Crippen LogP contribution is 2.59. The van der Waals surface area contributed by atoms with Gasteiger partial charge in [-0.05, 0) is 33.3 Å². The van der Waals surface area contributed by atoms with Gasteiger partial charge >= 0.3 is 0 Å². The molecule has 0 radical (unpaired) electrons. The molecule has 4 nitrogen and oxygen atoms in total. The molecule has 4 rings (SSSR count). The molecule has 4 aliphatic rings. The highest BCUT2D eigenvalue weighted by molar-refractivity contribution is 6.04. The van der Waals surface area contributed by atoms with Crippen LogP contribution in [0.2, 0.25) is 0 Å². The van der Waals surface area contributed by atoms with E-state index in [4.69, 9.17) is 0 Å². The molecule has 4 aliphatic carbocycles. The Morgan fingerprint density at radius 2 is 1.65 bits per heavy atom. The maximum atomic E-state index is 12.6. The first-order valence-electron chi connectivity index (χ1n) is 6.97. The monoisotopic (exact) mass is 276 g/mol. The SMILES string of the molecule is CC1=C[C@@H]2[C@H]([C@@H]3C=C[C@]2(C)C(=O)[C@@]3(C)O)[C@@](C)(O)C1=O. The largest absolute Gasteiger partial charge is 0.382 e.